The predicted octanol–water partition coefficient (Wildman–Crippen LogP) is 3.11. The van der Waals surface area contributed by atoms with Crippen molar-refractivity contribution in [2.24, 2.45) is 0 Å². The molecule has 1 saturated carbocycles. The predicted molar refractivity (Wildman–Crippen MR) is 91.2 cm³/mol. The third-order valence-corrected chi connectivity index (χ3v) is 5.49. The highest BCUT2D eigenvalue weighted by molar-refractivity contribution is 7.89. The molecule has 0 atom stereocenters. The van der Waals surface area contributed by atoms with Crippen LogP contribution in [0.3, 0.4) is 0 Å². The van der Waals surface area contributed by atoms with E-state index < -0.39 is 21.9 Å². The molecule has 0 unspecified atom stereocenters. The van der Waals surface area contributed by atoms with Crippen molar-refractivity contribution in [3.63, 3.8) is 0 Å². The van der Waals surface area contributed by atoms with Gasteiger partial charge in [-0.05, 0) is 25.0 Å². The quantitative estimate of drug-likeness (QED) is 0.567. The summed E-state index contributed by atoms with van der Waals surface area (Å²) >= 11 is 0. The zero-order valence-corrected chi connectivity index (χ0v) is 15.3. The van der Waals surface area contributed by atoms with E-state index in [9.17, 15) is 21.6 Å². The van der Waals surface area contributed by atoms with Gasteiger partial charge in [0.25, 0.3) is 0 Å². The first-order valence-corrected chi connectivity index (χ1v) is 9.54. The van der Waals surface area contributed by atoms with Crippen molar-refractivity contribution in [1.82, 2.24) is 15.0 Å². The van der Waals surface area contributed by atoms with E-state index >= 15 is 0 Å². The van der Waals surface area contributed by atoms with Crippen LogP contribution in [0.1, 0.15) is 44.2 Å². The molecule has 0 spiro atoms. The third kappa shape index (κ3) is 7.08. The number of pyridine rings is 1. The fraction of sp³-hybridized carbons (Fsp3) is 0.667. The van der Waals surface area contributed by atoms with Crippen molar-refractivity contribution < 1.29 is 21.6 Å². The monoisotopic (exact) mass is 401 g/mol. The van der Waals surface area contributed by atoms with Gasteiger partial charge in [0, 0.05) is 25.3 Å². The van der Waals surface area contributed by atoms with Gasteiger partial charge in [0.05, 0.1) is 0 Å². The summed E-state index contributed by atoms with van der Waals surface area (Å²) in [5, 5.41) is 3.32. The summed E-state index contributed by atoms with van der Waals surface area (Å²) in [5.74, 6) is 0. The van der Waals surface area contributed by atoms with Crippen LogP contribution in [0.15, 0.2) is 23.2 Å². The standard InChI is InChI=1S/C15H22F3N3O2S.ClH/c16-15(17,18)14-8-7-13(11-20-14)24(22,23)21-10-9-19-12-5-3-1-2-4-6-12;/h7-8,11-12,19,21H,1-6,9-10H2;1H. The Morgan fingerprint density at radius 1 is 1.08 bits per heavy atom. The molecule has 0 saturated heterocycles. The molecule has 1 heterocycles. The van der Waals surface area contributed by atoms with Crippen molar-refractivity contribution in [2.75, 3.05) is 13.1 Å². The summed E-state index contributed by atoms with van der Waals surface area (Å²) in [7, 11) is -3.85. The molecule has 5 nitrogen and oxygen atoms in total. The molecule has 0 radical (unpaired) electrons. The number of rotatable bonds is 6. The minimum absolute atomic E-state index is 0. The molecule has 1 fully saturated rings. The van der Waals surface area contributed by atoms with Gasteiger partial charge in [-0.3, -0.25) is 4.98 Å². The Balaban J connectivity index is 0.00000312. The average molecular weight is 402 g/mol. The molecule has 2 rings (SSSR count). The summed E-state index contributed by atoms with van der Waals surface area (Å²) in [6, 6.07) is 1.99. The first-order valence-electron chi connectivity index (χ1n) is 8.05. The molecule has 2 N–H and O–H groups in total. The molecular formula is C15H23ClF3N3O2S. The molecule has 10 heteroatoms. The van der Waals surface area contributed by atoms with Crippen LogP contribution in [-0.2, 0) is 16.2 Å². The maximum absolute atomic E-state index is 12.4. The summed E-state index contributed by atoms with van der Waals surface area (Å²) < 4.78 is 63.8. The minimum atomic E-state index is -4.58. The van der Waals surface area contributed by atoms with E-state index in [1.54, 1.807) is 0 Å². The second kappa shape index (κ2) is 9.70. The van der Waals surface area contributed by atoms with E-state index in [4.69, 9.17) is 0 Å². The number of alkyl halides is 3. The number of sulfonamides is 1. The molecule has 0 aliphatic heterocycles. The van der Waals surface area contributed by atoms with Gasteiger partial charge >= 0.3 is 6.18 Å². The van der Waals surface area contributed by atoms with Crippen molar-refractivity contribution in [3.8, 4) is 0 Å². The number of nitrogens with zero attached hydrogens (tertiary/aromatic N) is 1. The lowest BCUT2D eigenvalue weighted by atomic mass is 10.1. The van der Waals surface area contributed by atoms with E-state index in [0.29, 0.717) is 18.7 Å². The van der Waals surface area contributed by atoms with Gasteiger partial charge in [-0.2, -0.15) is 13.2 Å². The molecular weight excluding hydrogens is 379 g/mol. The molecule has 1 aliphatic rings. The van der Waals surface area contributed by atoms with E-state index in [1.807, 2.05) is 0 Å². The SMILES string of the molecule is Cl.O=S(=O)(NCCNC1CCCCCC1)c1ccc(C(F)(F)F)nc1. The first kappa shape index (κ1) is 22.1. The first-order chi connectivity index (χ1) is 11.3. The normalized spacial score (nSPS) is 16.9. The van der Waals surface area contributed by atoms with Crippen LogP contribution in [0.25, 0.3) is 0 Å². The van der Waals surface area contributed by atoms with Gasteiger partial charge in [0.1, 0.15) is 10.6 Å². The molecule has 0 aromatic carbocycles. The van der Waals surface area contributed by atoms with Gasteiger partial charge in [-0.1, -0.05) is 25.7 Å². The third-order valence-electron chi connectivity index (χ3n) is 4.04. The molecule has 0 amide bonds. The Kier molecular flexibility index (Phi) is 8.59. The largest absolute Gasteiger partial charge is 0.433 e. The molecule has 25 heavy (non-hydrogen) atoms. The number of halogens is 4. The number of aromatic nitrogens is 1. The Labute approximate surface area is 152 Å². The van der Waals surface area contributed by atoms with E-state index in [1.165, 1.54) is 25.7 Å². The fourth-order valence-electron chi connectivity index (χ4n) is 2.74. The Hall–Kier alpha value is -0.900. The van der Waals surface area contributed by atoms with Gasteiger partial charge in [0.15, 0.2) is 0 Å². The minimum Gasteiger partial charge on any atom is -0.313 e. The van der Waals surface area contributed by atoms with Gasteiger partial charge in [-0.15, -0.1) is 12.4 Å². The molecule has 1 aromatic rings. The van der Waals surface area contributed by atoms with Crippen LogP contribution in [0.2, 0.25) is 0 Å². The van der Waals surface area contributed by atoms with Gasteiger partial charge in [-0.25, -0.2) is 13.1 Å². The lowest BCUT2D eigenvalue weighted by Crippen LogP contribution is -2.36. The Bertz CT molecular complexity index is 616. The molecule has 1 aliphatic carbocycles. The maximum Gasteiger partial charge on any atom is 0.433 e. The summed E-state index contributed by atoms with van der Waals surface area (Å²) in [4.78, 5) is 2.90. The Morgan fingerprint density at radius 3 is 2.24 bits per heavy atom. The molecule has 1 aromatic heterocycles. The van der Waals surface area contributed by atoms with E-state index in [2.05, 4.69) is 15.0 Å². The number of hydrogen-bond acceptors (Lipinski definition) is 4. The summed E-state index contributed by atoms with van der Waals surface area (Å²) in [6.07, 6.45) is 3.17. The van der Waals surface area contributed by atoms with Crippen LogP contribution in [0.4, 0.5) is 13.2 Å². The number of nitrogens with one attached hydrogen (secondary N) is 2. The van der Waals surface area contributed by atoms with E-state index in [-0.39, 0.29) is 23.8 Å². The average Bonchev–Trinajstić information content (AvgIpc) is 2.80. The zero-order chi connectivity index (χ0) is 17.6. The Morgan fingerprint density at radius 2 is 1.72 bits per heavy atom. The van der Waals surface area contributed by atoms with Crippen LogP contribution < -0.4 is 10.0 Å². The highest BCUT2D eigenvalue weighted by atomic mass is 35.5. The van der Waals surface area contributed by atoms with Crippen molar-refractivity contribution in [3.05, 3.63) is 24.0 Å². The lowest BCUT2D eigenvalue weighted by Gasteiger charge is -2.16. The summed E-state index contributed by atoms with van der Waals surface area (Å²) in [5.41, 5.74) is -1.11. The van der Waals surface area contributed by atoms with Crippen molar-refractivity contribution in [1.29, 1.82) is 0 Å². The second-order valence-electron chi connectivity index (χ2n) is 5.92. The highest BCUT2D eigenvalue weighted by Gasteiger charge is 2.32. The topological polar surface area (TPSA) is 71.1 Å². The smallest absolute Gasteiger partial charge is 0.313 e. The molecule has 0 bridgehead atoms. The summed E-state index contributed by atoms with van der Waals surface area (Å²) in [6.45, 7) is 0.664. The maximum atomic E-state index is 12.4. The van der Waals surface area contributed by atoms with Gasteiger partial charge < -0.3 is 5.32 Å². The van der Waals surface area contributed by atoms with Crippen LogP contribution in [-0.4, -0.2) is 32.5 Å². The lowest BCUT2D eigenvalue weighted by molar-refractivity contribution is -0.141. The highest BCUT2D eigenvalue weighted by Crippen LogP contribution is 2.27. The van der Waals surface area contributed by atoms with Crippen LogP contribution in [0, 0.1) is 0 Å². The fourth-order valence-corrected chi connectivity index (χ4v) is 3.71. The second-order valence-corrected chi connectivity index (χ2v) is 7.68. The van der Waals surface area contributed by atoms with Crippen molar-refractivity contribution >= 4 is 22.4 Å². The van der Waals surface area contributed by atoms with E-state index in [0.717, 1.165) is 25.1 Å². The molecule has 144 valence electrons. The zero-order valence-electron chi connectivity index (χ0n) is 13.7. The van der Waals surface area contributed by atoms with Gasteiger partial charge in [0.2, 0.25) is 10.0 Å². The van der Waals surface area contributed by atoms with Crippen LogP contribution in [0.5, 0.6) is 0 Å². The van der Waals surface area contributed by atoms with Crippen LogP contribution >= 0.6 is 12.4 Å². The number of hydrogen-bond donors (Lipinski definition) is 2. The van der Waals surface area contributed by atoms with Crippen molar-refractivity contribution in [2.45, 2.75) is 55.6 Å².